The van der Waals surface area contributed by atoms with E-state index >= 15 is 0 Å². The monoisotopic (exact) mass is 562 g/mol. The SMILES string of the molecule is CCCCn1c(-c2ccccc2)nc(-c2ccccc2)c1CN(Cc1ccc(C(=O)N(C)C)cc1)CC1CCCCC1. The summed E-state index contributed by atoms with van der Waals surface area (Å²) in [7, 11) is 3.61. The van der Waals surface area contributed by atoms with Gasteiger partial charge in [0.2, 0.25) is 0 Å². The Morgan fingerprint density at radius 2 is 1.48 bits per heavy atom. The molecule has 0 aliphatic heterocycles. The van der Waals surface area contributed by atoms with Crippen molar-refractivity contribution >= 4 is 5.91 Å². The molecule has 5 nitrogen and oxygen atoms in total. The first kappa shape index (κ1) is 29.8. The molecular formula is C37H46N4O. The van der Waals surface area contributed by atoms with Gasteiger partial charge in [-0.05, 0) is 42.9 Å². The van der Waals surface area contributed by atoms with Crippen LogP contribution in [0.3, 0.4) is 0 Å². The lowest BCUT2D eigenvalue weighted by atomic mass is 9.88. The minimum atomic E-state index is 0.0429. The average molecular weight is 563 g/mol. The molecule has 1 aromatic heterocycles. The van der Waals surface area contributed by atoms with Gasteiger partial charge in [0.1, 0.15) is 5.82 Å². The van der Waals surface area contributed by atoms with E-state index in [4.69, 9.17) is 4.98 Å². The van der Waals surface area contributed by atoms with Crippen molar-refractivity contribution in [1.82, 2.24) is 19.4 Å². The van der Waals surface area contributed by atoms with Crippen molar-refractivity contribution in [3.8, 4) is 22.6 Å². The smallest absolute Gasteiger partial charge is 0.253 e. The Hall–Kier alpha value is -3.70. The summed E-state index contributed by atoms with van der Waals surface area (Å²) in [6.07, 6.45) is 8.90. The Labute approximate surface area is 252 Å². The molecule has 1 amide bonds. The van der Waals surface area contributed by atoms with Gasteiger partial charge in [0.25, 0.3) is 5.91 Å². The molecule has 42 heavy (non-hydrogen) atoms. The third-order valence-corrected chi connectivity index (χ3v) is 8.51. The first-order valence-corrected chi connectivity index (χ1v) is 15.8. The van der Waals surface area contributed by atoms with Crippen LogP contribution < -0.4 is 0 Å². The fourth-order valence-electron chi connectivity index (χ4n) is 6.24. The van der Waals surface area contributed by atoms with Gasteiger partial charge in [0.15, 0.2) is 0 Å². The molecule has 4 aromatic rings. The zero-order chi connectivity index (χ0) is 29.3. The Balaban J connectivity index is 1.53. The number of aromatic nitrogens is 2. The molecule has 220 valence electrons. The maximum Gasteiger partial charge on any atom is 0.253 e. The maximum atomic E-state index is 12.5. The van der Waals surface area contributed by atoms with Gasteiger partial charge >= 0.3 is 0 Å². The lowest BCUT2D eigenvalue weighted by molar-refractivity contribution is 0.0827. The summed E-state index contributed by atoms with van der Waals surface area (Å²) in [5.74, 6) is 1.82. The third kappa shape index (κ3) is 7.38. The van der Waals surface area contributed by atoms with Crippen LogP contribution in [0.5, 0.6) is 0 Å². The van der Waals surface area contributed by atoms with Gasteiger partial charge in [0.05, 0.1) is 11.4 Å². The van der Waals surface area contributed by atoms with E-state index in [1.165, 1.54) is 48.9 Å². The summed E-state index contributed by atoms with van der Waals surface area (Å²) in [6.45, 7) is 5.97. The minimum Gasteiger partial charge on any atom is -0.345 e. The lowest BCUT2D eigenvalue weighted by Crippen LogP contribution is -2.31. The van der Waals surface area contributed by atoms with Gasteiger partial charge in [-0.3, -0.25) is 9.69 Å². The number of carbonyl (C=O) groups excluding carboxylic acids is 1. The highest BCUT2D eigenvalue weighted by molar-refractivity contribution is 5.93. The van der Waals surface area contributed by atoms with E-state index < -0.39 is 0 Å². The van der Waals surface area contributed by atoms with Crippen molar-refractivity contribution in [3.05, 3.63) is 102 Å². The molecule has 0 unspecified atom stereocenters. The molecule has 0 N–H and O–H groups in total. The van der Waals surface area contributed by atoms with Crippen LogP contribution >= 0.6 is 0 Å². The number of amides is 1. The van der Waals surface area contributed by atoms with Crippen LogP contribution in [-0.2, 0) is 19.6 Å². The summed E-state index contributed by atoms with van der Waals surface area (Å²) >= 11 is 0. The largest absolute Gasteiger partial charge is 0.345 e. The van der Waals surface area contributed by atoms with E-state index in [0.717, 1.165) is 61.7 Å². The molecule has 0 atom stereocenters. The van der Waals surface area contributed by atoms with E-state index in [1.54, 1.807) is 19.0 Å². The summed E-state index contributed by atoms with van der Waals surface area (Å²) in [6, 6.07) is 29.6. The molecule has 5 heteroatoms. The number of benzene rings is 3. The molecule has 1 aliphatic rings. The molecule has 3 aromatic carbocycles. The van der Waals surface area contributed by atoms with E-state index in [2.05, 4.69) is 89.2 Å². The molecule has 0 radical (unpaired) electrons. The Kier molecular flexibility index (Phi) is 10.3. The number of rotatable bonds is 12. The number of nitrogens with zero attached hydrogens (tertiary/aromatic N) is 4. The van der Waals surface area contributed by atoms with Crippen molar-refractivity contribution in [2.75, 3.05) is 20.6 Å². The average Bonchev–Trinajstić information content (AvgIpc) is 3.39. The van der Waals surface area contributed by atoms with Crippen molar-refractivity contribution in [1.29, 1.82) is 0 Å². The minimum absolute atomic E-state index is 0.0429. The van der Waals surface area contributed by atoms with Gasteiger partial charge in [-0.2, -0.15) is 0 Å². The van der Waals surface area contributed by atoms with Crippen molar-refractivity contribution < 1.29 is 4.79 Å². The third-order valence-electron chi connectivity index (χ3n) is 8.51. The summed E-state index contributed by atoms with van der Waals surface area (Å²) < 4.78 is 2.49. The zero-order valence-corrected chi connectivity index (χ0v) is 25.6. The molecule has 1 fully saturated rings. The number of hydrogen-bond acceptors (Lipinski definition) is 3. The number of unbranched alkanes of at least 4 members (excludes halogenated alkanes) is 1. The van der Waals surface area contributed by atoms with E-state index in [9.17, 15) is 4.79 Å². The maximum absolute atomic E-state index is 12.5. The van der Waals surface area contributed by atoms with Crippen LogP contribution in [-0.4, -0.2) is 45.9 Å². The van der Waals surface area contributed by atoms with E-state index in [0.29, 0.717) is 5.92 Å². The van der Waals surface area contributed by atoms with Crippen molar-refractivity contribution in [2.24, 2.45) is 5.92 Å². The first-order chi connectivity index (χ1) is 20.5. The van der Waals surface area contributed by atoms with E-state index in [1.807, 2.05) is 12.1 Å². The van der Waals surface area contributed by atoms with Gasteiger partial charge in [-0.1, -0.05) is 105 Å². The molecule has 0 spiro atoms. The van der Waals surface area contributed by atoms with Gasteiger partial charge in [-0.15, -0.1) is 0 Å². The van der Waals surface area contributed by atoms with Gasteiger partial charge in [-0.25, -0.2) is 4.98 Å². The normalized spacial score (nSPS) is 13.9. The van der Waals surface area contributed by atoms with Crippen LogP contribution in [0.25, 0.3) is 22.6 Å². The molecule has 5 rings (SSSR count). The number of carbonyl (C=O) groups is 1. The lowest BCUT2D eigenvalue weighted by Gasteiger charge is -2.30. The van der Waals surface area contributed by atoms with Gasteiger partial charge in [0, 0.05) is 57.0 Å². The first-order valence-electron chi connectivity index (χ1n) is 15.8. The molecule has 0 bridgehead atoms. The van der Waals surface area contributed by atoms with Crippen LogP contribution in [0, 0.1) is 5.92 Å². The Morgan fingerprint density at radius 1 is 0.833 bits per heavy atom. The number of imidazole rings is 1. The topological polar surface area (TPSA) is 41.4 Å². The molecule has 1 saturated carbocycles. The highest BCUT2D eigenvalue weighted by Gasteiger charge is 2.24. The standard InChI is InChI=1S/C37H46N4O/c1-4-5-25-41-34(35(31-17-11-7-12-18-31)38-36(41)32-19-13-8-14-20-32)28-40(26-29-15-9-6-10-16-29)27-30-21-23-33(24-22-30)37(42)39(2)3/h7-8,11-14,17-24,29H,4-6,9-10,15-16,25-28H2,1-3H3. The van der Waals surface area contributed by atoms with Gasteiger partial charge < -0.3 is 9.47 Å². The van der Waals surface area contributed by atoms with Crippen molar-refractivity contribution in [3.63, 3.8) is 0 Å². The molecular weight excluding hydrogens is 516 g/mol. The van der Waals surface area contributed by atoms with Crippen LogP contribution in [0.1, 0.15) is 73.5 Å². The summed E-state index contributed by atoms with van der Waals surface area (Å²) in [5.41, 5.74) is 6.69. The molecule has 0 saturated heterocycles. The highest BCUT2D eigenvalue weighted by atomic mass is 16.2. The quantitative estimate of drug-likeness (QED) is 0.174. The zero-order valence-electron chi connectivity index (χ0n) is 25.6. The fraction of sp³-hybridized carbons (Fsp3) is 0.405. The second-order valence-corrected chi connectivity index (χ2v) is 12.0. The summed E-state index contributed by atoms with van der Waals surface area (Å²) in [4.78, 5) is 22.1. The predicted molar refractivity (Wildman–Crippen MR) is 173 cm³/mol. The van der Waals surface area contributed by atoms with Crippen LogP contribution in [0.4, 0.5) is 0 Å². The van der Waals surface area contributed by atoms with Crippen molar-refractivity contribution in [2.45, 2.75) is 71.5 Å². The number of hydrogen-bond donors (Lipinski definition) is 0. The Bertz CT molecular complexity index is 1400. The highest BCUT2D eigenvalue weighted by Crippen LogP contribution is 2.32. The summed E-state index contributed by atoms with van der Waals surface area (Å²) in [5, 5.41) is 0. The molecule has 1 heterocycles. The van der Waals surface area contributed by atoms with Crippen LogP contribution in [0.2, 0.25) is 0 Å². The fourth-order valence-corrected chi connectivity index (χ4v) is 6.24. The Morgan fingerprint density at radius 3 is 2.10 bits per heavy atom. The van der Waals surface area contributed by atoms with Crippen LogP contribution in [0.15, 0.2) is 84.9 Å². The van der Waals surface area contributed by atoms with E-state index in [-0.39, 0.29) is 5.91 Å². The molecule has 1 aliphatic carbocycles. The predicted octanol–water partition coefficient (Wildman–Crippen LogP) is 8.30. The second kappa shape index (κ2) is 14.5. The second-order valence-electron chi connectivity index (χ2n) is 12.0.